The molecule has 0 saturated carbocycles. The van der Waals surface area contributed by atoms with Crippen LogP contribution in [-0.2, 0) is 42.9 Å². The zero-order valence-corrected chi connectivity index (χ0v) is 21.9. The molecule has 37 heavy (non-hydrogen) atoms. The smallest absolute Gasteiger partial charge is 0.303 e. The van der Waals surface area contributed by atoms with Crippen LogP contribution in [0.4, 0.5) is 0 Å². The van der Waals surface area contributed by atoms with Crippen molar-refractivity contribution in [2.45, 2.75) is 91.0 Å². The molecule has 0 radical (unpaired) electrons. The van der Waals surface area contributed by atoms with Crippen LogP contribution >= 0.6 is 0 Å². The molecule has 1 aromatic rings. The number of carbonyl (C=O) groups excluding carboxylic acids is 4. The molecule has 0 spiro atoms. The van der Waals surface area contributed by atoms with Crippen molar-refractivity contribution in [1.29, 1.82) is 0 Å². The predicted molar refractivity (Wildman–Crippen MR) is 129 cm³/mol. The molecule has 0 aliphatic carbocycles. The van der Waals surface area contributed by atoms with Crippen molar-refractivity contribution < 1.29 is 52.3 Å². The second-order valence-corrected chi connectivity index (χ2v) is 8.57. The van der Waals surface area contributed by atoms with E-state index in [0.717, 1.165) is 39.5 Å². The van der Waals surface area contributed by atoms with Gasteiger partial charge < -0.3 is 33.2 Å². The van der Waals surface area contributed by atoms with E-state index in [1.807, 2.05) is 0 Å². The molecule has 1 fully saturated rings. The van der Waals surface area contributed by atoms with Gasteiger partial charge in [-0.1, -0.05) is 26.2 Å². The van der Waals surface area contributed by atoms with Crippen molar-refractivity contribution in [2.75, 3.05) is 13.2 Å². The van der Waals surface area contributed by atoms with E-state index >= 15 is 0 Å². The second-order valence-electron chi connectivity index (χ2n) is 8.57. The van der Waals surface area contributed by atoms with E-state index < -0.39 is 54.6 Å². The lowest BCUT2D eigenvalue weighted by molar-refractivity contribution is -0.288. The van der Waals surface area contributed by atoms with Crippen molar-refractivity contribution in [3.63, 3.8) is 0 Å². The molecule has 0 bridgehead atoms. The quantitative estimate of drug-likeness (QED) is 0.214. The Morgan fingerprint density at radius 3 is 1.86 bits per heavy atom. The Labute approximate surface area is 216 Å². The van der Waals surface area contributed by atoms with E-state index in [4.69, 9.17) is 33.2 Å². The number of unbranched alkanes of at least 4 members (excludes halogenated alkanes) is 3. The molecule has 206 valence electrons. The molecule has 1 saturated heterocycles. The molecule has 0 unspecified atom stereocenters. The highest BCUT2D eigenvalue weighted by molar-refractivity contribution is 5.68. The highest BCUT2D eigenvalue weighted by Crippen LogP contribution is 2.31. The predicted octanol–water partition coefficient (Wildman–Crippen LogP) is 3.11. The minimum atomic E-state index is -1.30. The summed E-state index contributed by atoms with van der Waals surface area (Å²) in [4.78, 5) is 47.1. The highest BCUT2D eigenvalue weighted by Gasteiger charge is 2.53. The number of rotatable bonds is 13. The monoisotopic (exact) mass is 524 g/mol. The van der Waals surface area contributed by atoms with Crippen LogP contribution in [0.25, 0.3) is 0 Å². The fourth-order valence-corrected chi connectivity index (χ4v) is 3.75. The number of carbonyl (C=O) groups is 4. The Balaban J connectivity index is 2.26. The molecule has 5 atom stereocenters. The number of hydrogen-bond donors (Lipinski definition) is 0. The van der Waals surface area contributed by atoms with Crippen molar-refractivity contribution in [2.24, 2.45) is 0 Å². The van der Waals surface area contributed by atoms with E-state index in [0.29, 0.717) is 18.1 Å². The van der Waals surface area contributed by atoms with Gasteiger partial charge in [0.25, 0.3) is 0 Å². The zero-order valence-electron chi connectivity index (χ0n) is 21.9. The van der Waals surface area contributed by atoms with Crippen LogP contribution in [0, 0.1) is 0 Å². The van der Waals surface area contributed by atoms with Crippen molar-refractivity contribution in [3.8, 4) is 11.5 Å². The summed E-state index contributed by atoms with van der Waals surface area (Å²) in [6, 6.07) is 6.74. The lowest BCUT2D eigenvalue weighted by Crippen LogP contribution is -2.63. The van der Waals surface area contributed by atoms with Gasteiger partial charge in [0.2, 0.25) is 12.4 Å². The number of esters is 4. The van der Waals surface area contributed by atoms with Gasteiger partial charge in [0.05, 0.1) is 6.61 Å². The molecule has 0 aromatic heterocycles. The second kappa shape index (κ2) is 15.0. The minimum Gasteiger partial charge on any atom is -0.494 e. The summed E-state index contributed by atoms with van der Waals surface area (Å²) in [5, 5.41) is 0. The molecule has 0 N–H and O–H groups in total. The van der Waals surface area contributed by atoms with E-state index in [9.17, 15) is 19.2 Å². The first-order valence-corrected chi connectivity index (χ1v) is 12.3. The van der Waals surface area contributed by atoms with Gasteiger partial charge in [0, 0.05) is 27.7 Å². The van der Waals surface area contributed by atoms with Crippen LogP contribution in [-0.4, -0.2) is 67.8 Å². The molecule has 1 aliphatic heterocycles. The maximum Gasteiger partial charge on any atom is 0.303 e. The van der Waals surface area contributed by atoms with Crippen LogP contribution in [0.3, 0.4) is 0 Å². The van der Waals surface area contributed by atoms with Crippen molar-refractivity contribution in [1.82, 2.24) is 0 Å². The fraction of sp³-hybridized carbons (Fsp3) is 0.615. The van der Waals surface area contributed by atoms with Gasteiger partial charge in [-0.15, -0.1) is 0 Å². The third-order valence-electron chi connectivity index (χ3n) is 5.29. The number of hydrogen-bond acceptors (Lipinski definition) is 11. The summed E-state index contributed by atoms with van der Waals surface area (Å²) in [7, 11) is 0. The van der Waals surface area contributed by atoms with Crippen LogP contribution in [0.5, 0.6) is 11.5 Å². The first-order valence-electron chi connectivity index (χ1n) is 12.3. The van der Waals surface area contributed by atoms with Crippen LogP contribution in [0.1, 0.15) is 60.3 Å². The van der Waals surface area contributed by atoms with E-state index in [2.05, 4.69) is 6.92 Å². The van der Waals surface area contributed by atoms with E-state index in [1.54, 1.807) is 24.3 Å². The fourth-order valence-electron chi connectivity index (χ4n) is 3.75. The van der Waals surface area contributed by atoms with Gasteiger partial charge >= 0.3 is 23.9 Å². The number of ether oxygens (including phenoxy) is 7. The Kier molecular flexibility index (Phi) is 12.1. The molecule has 1 aromatic carbocycles. The Morgan fingerprint density at radius 2 is 1.30 bits per heavy atom. The van der Waals surface area contributed by atoms with E-state index in [-0.39, 0.29) is 6.61 Å². The summed E-state index contributed by atoms with van der Waals surface area (Å²) in [5.74, 6) is -1.72. The molecule has 11 nitrogen and oxygen atoms in total. The lowest BCUT2D eigenvalue weighted by Gasteiger charge is -2.43. The molecular weight excluding hydrogens is 488 g/mol. The Hall–Kier alpha value is -3.34. The molecule has 11 heteroatoms. The van der Waals surface area contributed by atoms with Gasteiger partial charge in [-0.2, -0.15) is 0 Å². The Morgan fingerprint density at radius 1 is 0.730 bits per heavy atom. The summed E-state index contributed by atoms with van der Waals surface area (Å²) in [5.41, 5.74) is 0. The zero-order chi connectivity index (χ0) is 27.4. The largest absolute Gasteiger partial charge is 0.494 e. The topological polar surface area (TPSA) is 133 Å². The summed E-state index contributed by atoms with van der Waals surface area (Å²) in [6.07, 6.45) is -1.85. The molecule has 1 aliphatic rings. The summed E-state index contributed by atoms with van der Waals surface area (Å²) >= 11 is 0. The number of benzene rings is 1. The minimum absolute atomic E-state index is 0.331. The Bertz CT molecular complexity index is 898. The van der Waals surface area contributed by atoms with Gasteiger partial charge in [-0.05, 0) is 30.7 Å². The van der Waals surface area contributed by atoms with Gasteiger partial charge in [-0.3, -0.25) is 19.2 Å². The highest BCUT2D eigenvalue weighted by atomic mass is 16.7. The van der Waals surface area contributed by atoms with Gasteiger partial charge in [0.15, 0.2) is 12.2 Å². The SMILES string of the molecule is CCCCCCOc1ccc(O[C@H]2O[C@@H](COC(C)=O)[C@@H](OC(C)=O)[C@@H](OC(C)=O)[C@@H]2OC(C)=O)cc1. The third-order valence-corrected chi connectivity index (χ3v) is 5.29. The lowest BCUT2D eigenvalue weighted by atomic mass is 9.98. The van der Waals surface area contributed by atoms with Crippen LogP contribution in [0.15, 0.2) is 24.3 Å². The first kappa shape index (κ1) is 29.9. The van der Waals surface area contributed by atoms with Gasteiger partial charge in [-0.25, -0.2) is 0 Å². The third kappa shape index (κ3) is 10.3. The van der Waals surface area contributed by atoms with Crippen molar-refractivity contribution in [3.05, 3.63) is 24.3 Å². The van der Waals surface area contributed by atoms with E-state index in [1.165, 1.54) is 13.8 Å². The summed E-state index contributed by atoms with van der Waals surface area (Å²) < 4.78 is 38.8. The molecule has 2 rings (SSSR count). The molecule has 0 amide bonds. The first-order chi connectivity index (χ1) is 17.6. The van der Waals surface area contributed by atoms with Crippen molar-refractivity contribution >= 4 is 23.9 Å². The average Bonchev–Trinajstić information content (AvgIpc) is 2.81. The maximum absolute atomic E-state index is 11.9. The normalized spacial score (nSPS) is 22.9. The maximum atomic E-state index is 11.9. The summed E-state index contributed by atoms with van der Waals surface area (Å²) in [6.45, 7) is 7.10. The van der Waals surface area contributed by atoms with Crippen LogP contribution < -0.4 is 9.47 Å². The molecular formula is C26H36O11. The molecule has 1 heterocycles. The van der Waals surface area contributed by atoms with Crippen LogP contribution in [0.2, 0.25) is 0 Å². The standard InChI is InChI=1S/C26H36O11/c1-6-7-8-9-14-31-20-10-12-21(13-11-20)36-26-25(35-19(5)30)24(34-18(4)29)23(33-17(3)28)22(37-26)15-32-16(2)27/h10-13,22-26H,6-9,14-15H2,1-5H3/t22-,23+,24+,25-,26-/m0/s1. The van der Waals surface area contributed by atoms with Gasteiger partial charge in [0.1, 0.15) is 24.2 Å². The average molecular weight is 525 g/mol.